The molecule has 1 N–H and O–H groups in total. The number of ether oxygens (including phenoxy) is 1. The topological polar surface area (TPSA) is 46.5 Å². The van der Waals surface area contributed by atoms with Crippen LogP contribution in [-0.4, -0.2) is 23.9 Å². The molecule has 1 aromatic carbocycles. The van der Waals surface area contributed by atoms with E-state index >= 15 is 0 Å². The summed E-state index contributed by atoms with van der Waals surface area (Å²) < 4.78 is 4.56. The lowest BCUT2D eigenvalue weighted by Crippen LogP contribution is -2.01. The van der Waals surface area contributed by atoms with E-state index in [1.54, 1.807) is 18.7 Å². The summed E-state index contributed by atoms with van der Waals surface area (Å²) in [6, 6.07) is 7.69. The van der Waals surface area contributed by atoms with Crippen LogP contribution >= 0.6 is 11.8 Å². The Hall–Kier alpha value is -1.00. The predicted octanol–water partition coefficient (Wildman–Crippen LogP) is 2.40. The predicted molar refractivity (Wildman–Crippen MR) is 64.4 cm³/mol. The van der Waals surface area contributed by atoms with E-state index < -0.39 is 6.10 Å². The fourth-order valence-corrected chi connectivity index (χ4v) is 2.12. The number of carbonyl (C=O) groups excluding carboxylic acids is 1. The van der Waals surface area contributed by atoms with E-state index in [1.807, 2.05) is 24.3 Å². The normalized spacial score (nSPS) is 12.2. The monoisotopic (exact) mass is 240 g/mol. The number of carbonyl (C=O) groups is 1. The van der Waals surface area contributed by atoms with Crippen molar-refractivity contribution in [3.8, 4) is 0 Å². The number of hydrogen-bond donors (Lipinski definition) is 1. The summed E-state index contributed by atoms with van der Waals surface area (Å²) >= 11 is 1.58. The van der Waals surface area contributed by atoms with Crippen LogP contribution < -0.4 is 0 Å². The van der Waals surface area contributed by atoms with E-state index in [2.05, 4.69) is 4.74 Å². The Morgan fingerprint density at radius 2 is 2.31 bits per heavy atom. The zero-order valence-corrected chi connectivity index (χ0v) is 10.3. The van der Waals surface area contributed by atoms with Crippen LogP contribution in [0.4, 0.5) is 0 Å². The summed E-state index contributed by atoms with van der Waals surface area (Å²) in [6.07, 6.45) is -0.0544. The third kappa shape index (κ3) is 4.24. The molecule has 0 amide bonds. The van der Waals surface area contributed by atoms with Crippen molar-refractivity contribution in [3.63, 3.8) is 0 Å². The zero-order valence-electron chi connectivity index (χ0n) is 9.47. The molecule has 0 heterocycles. The smallest absolute Gasteiger partial charge is 0.306 e. The van der Waals surface area contributed by atoms with Gasteiger partial charge in [0.2, 0.25) is 0 Å². The molecule has 0 saturated heterocycles. The molecule has 0 spiro atoms. The van der Waals surface area contributed by atoms with Crippen molar-refractivity contribution in [2.75, 3.05) is 12.9 Å². The van der Waals surface area contributed by atoms with E-state index in [1.165, 1.54) is 7.11 Å². The van der Waals surface area contributed by atoms with Gasteiger partial charge in [-0.15, -0.1) is 11.8 Å². The molecule has 0 aromatic heterocycles. The second-order valence-corrected chi connectivity index (χ2v) is 4.59. The Balaban J connectivity index is 2.48. The lowest BCUT2D eigenvalue weighted by Gasteiger charge is -2.06. The minimum Gasteiger partial charge on any atom is -0.469 e. The minimum absolute atomic E-state index is 0.195. The minimum atomic E-state index is -0.457. The van der Waals surface area contributed by atoms with Crippen molar-refractivity contribution in [2.45, 2.75) is 24.3 Å². The van der Waals surface area contributed by atoms with Crippen LogP contribution in [0.25, 0.3) is 0 Å². The Labute approximate surface area is 99.8 Å². The molecule has 0 radical (unpaired) electrons. The van der Waals surface area contributed by atoms with Gasteiger partial charge in [-0.3, -0.25) is 4.79 Å². The SMILES string of the molecule is COC(=O)CCSc1cccc(C(C)O)c1. The summed E-state index contributed by atoms with van der Waals surface area (Å²) in [5.41, 5.74) is 0.892. The molecule has 4 heteroatoms. The van der Waals surface area contributed by atoms with Gasteiger partial charge in [0.05, 0.1) is 19.6 Å². The second-order valence-electron chi connectivity index (χ2n) is 3.42. The Kier molecular flexibility index (Phi) is 5.35. The van der Waals surface area contributed by atoms with Crippen molar-refractivity contribution in [1.82, 2.24) is 0 Å². The van der Waals surface area contributed by atoms with E-state index in [9.17, 15) is 9.90 Å². The van der Waals surface area contributed by atoms with Crippen LogP contribution in [0.5, 0.6) is 0 Å². The highest BCUT2D eigenvalue weighted by atomic mass is 32.2. The van der Waals surface area contributed by atoms with Crippen LogP contribution in [0.3, 0.4) is 0 Å². The molecular weight excluding hydrogens is 224 g/mol. The largest absolute Gasteiger partial charge is 0.469 e. The van der Waals surface area contributed by atoms with Gasteiger partial charge < -0.3 is 9.84 Å². The van der Waals surface area contributed by atoms with Crippen molar-refractivity contribution in [1.29, 1.82) is 0 Å². The maximum absolute atomic E-state index is 10.9. The lowest BCUT2D eigenvalue weighted by molar-refractivity contribution is -0.140. The van der Waals surface area contributed by atoms with Crippen molar-refractivity contribution in [2.24, 2.45) is 0 Å². The molecule has 1 rings (SSSR count). The van der Waals surface area contributed by atoms with Gasteiger partial charge >= 0.3 is 5.97 Å². The fraction of sp³-hybridized carbons (Fsp3) is 0.417. The van der Waals surface area contributed by atoms with Crippen molar-refractivity contribution >= 4 is 17.7 Å². The average Bonchev–Trinajstić information content (AvgIpc) is 2.29. The van der Waals surface area contributed by atoms with E-state index in [-0.39, 0.29) is 5.97 Å². The summed E-state index contributed by atoms with van der Waals surface area (Å²) in [5, 5.41) is 9.42. The molecule has 0 bridgehead atoms. The zero-order chi connectivity index (χ0) is 12.0. The molecule has 1 aromatic rings. The number of aliphatic hydroxyl groups is 1. The summed E-state index contributed by atoms with van der Waals surface area (Å²) in [7, 11) is 1.39. The van der Waals surface area contributed by atoms with Gasteiger partial charge in [-0.05, 0) is 24.6 Å². The number of aliphatic hydroxyl groups excluding tert-OH is 1. The lowest BCUT2D eigenvalue weighted by atomic mass is 10.1. The molecule has 88 valence electrons. The molecule has 0 aliphatic carbocycles. The van der Waals surface area contributed by atoms with Gasteiger partial charge in [-0.25, -0.2) is 0 Å². The van der Waals surface area contributed by atoms with Gasteiger partial charge in [-0.1, -0.05) is 12.1 Å². The van der Waals surface area contributed by atoms with Crippen LogP contribution in [0, 0.1) is 0 Å². The third-order valence-electron chi connectivity index (χ3n) is 2.14. The fourth-order valence-electron chi connectivity index (χ4n) is 1.22. The highest BCUT2D eigenvalue weighted by Crippen LogP contribution is 2.22. The molecular formula is C12H16O3S. The standard InChI is InChI=1S/C12H16O3S/c1-9(13)10-4-3-5-11(8-10)16-7-6-12(14)15-2/h3-5,8-9,13H,6-7H2,1-2H3. The molecule has 0 aliphatic rings. The first-order valence-corrected chi connectivity index (χ1v) is 6.09. The maximum Gasteiger partial charge on any atom is 0.306 e. The number of hydrogen-bond acceptors (Lipinski definition) is 4. The van der Waals surface area contributed by atoms with Gasteiger partial charge in [0.15, 0.2) is 0 Å². The number of benzene rings is 1. The van der Waals surface area contributed by atoms with Crippen molar-refractivity contribution in [3.05, 3.63) is 29.8 Å². The van der Waals surface area contributed by atoms with Crippen LogP contribution in [0.15, 0.2) is 29.2 Å². The summed E-state index contributed by atoms with van der Waals surface area (Å²) in [4.78, 5) is 12.0. The molecule has 0 aliphatic heterocycles. The van der Waals surface area contributed by atoms with Gasteiger partial charge in [0, 0.05) is 10.6 Å². The first kappa shape index (κ1) is 13.1. The summed E-state index contributed by atoms with van der Waals surface area (Å²) in [5.74, 6) is 0.495. The van der Waals surface area contributed by atoms with Crippen LogP contribution in [0.1, 0.15) is 25.0 Å². The Bertz CT molecular complexity index is 350. The molecule has 16 heavy (non-hydrogen) atoms. The van der Waals surface area contributed by atoms with Gasteiger partial charge in [0.1, 0.15) is 0 Å². The quantitative estimate of drug-likeness (QED) is 0.634. The van der Waals surface area contributed by atoms with E-state index in [0.717, 1.165) is 10.5 Å². The first-order valence-electron chi connectivity index (χ1n) is 5.11. The number of rotatable bonds is 5. The average molecular weight is 240 g/mol. The maximum atomic E-state index is 10.9. The Morgan fingerprint density at radius 1 is 1.56 bits per heavy atom. The first-order chi connectivity index (χ1) is 7.63. The Morgan fingerprint density at radius 3 is 2.94 bits per heavy atom. The highest BCUT2D eigenvalue weighted by Gasteiger charge is 2.04. The number of methoxy groups -OCH3 is 1. The van der Waals surface area contributed by atoms with Gasteiger partial charge in [0.25, 0.3) is 0 Å². The van der Waals surface area contributed by atoms with E-state index in [0.29, 0.717) is 12.2 Å². The second kappa shape index (κ2) is 6.55. The van der Waals surface area contributed by atoms with E-state index in [4.69, 9.17) is 0 Å². The molecule has 3 nitrogen and oxygen atoms in total. The molecule has 1 unspecified atom stereocenters. The van der Waals surface area contributed by atoms with Crippen LogP contribution in [-0.2, 0) is 9.53 Å². The molecule has 1 atom stereocenters. The molecule has 0 saturated carbocycles. The highest BCUT2D eigenvalue weighted by molar-refractivity contribution is 7.99. The van der Waals surface area contributed by atoms with Gasteiger partial charge in [-0.2, -0.15) is 0 Å². The number of thioether (sulfide) groups is 1. The van der Waals surface area contributed by atoms with Crippen molar-refractivity contribution < 1.29 is 14.6 Å². The third-order valence-corrected chi connectivity index (χ3v) is 3.14. The summed E-state index contributed by atoms with van der Waals surface area (Å²) in [6.45, 7) is 1.73. The van der Waals surface area contributed by atoms with Crippen LogP contribution in [0.2, 0.25) is 0 Å². The molecule has 0 fully saturated rings. The number of esters is 1.